The number of thioether (sulfide) groups is 1. The average molecular weight is 474 g/mol. The van der Waals surface area contributed by atoms with E-state index in [0.29, 0.717) is 10.6 Å². The van der Waals surface area contributed by atoms with Crippen LogP contribution in [0.5, 0.6) is 0 Å². The molecule has 0 spiro atoms. The lowest BCUT2D eigenvalue weighted by atomic mass is 10.1. The zero-order chi connectivity index (χ0) is 22.8. The van der Waals surface area contributed by atoms with Crippen molar-refractivity contribution >= 4 is 28.7 Å². The summed E-state index contributed by atoms with van der Waals surface area (Å²) >= 11 is 1.41. The fourth-order valence-electron chi connectivity index (χ4n) is 3.12. The molecule has 2 aromatic carbocycles. The molecule has 1 saturated heterocycles. The van der Waals surface area contributed by atoms with E-state index in [0.717, 1.165) is 44.0 Å². The molecule has 1 aliphatic rings. The Kier molecular flexibility index (Phi) is 9.74. The van der Waals surface area contributed by atoms with Crippen molar-refractivity contribution in [3.05, 3.63) is 65.2 Å². The third-order valence-corrected chi connectivity index (χ3v) is 6.76. The van der Waals surface area contributed by atoms with E-state index in [-0.39, 0.29) is 0 Å². The van der Waals surface area contributed by atoms with Crippen molar-refractivity contribution in [2.45, 2.75) is 17.5 Å². The van der Waals surface area contributed by atoms with Gasteiger partial charge in [0.25, 0.3) is 5.91 Å². The summed E-state index contributed by atoms with van der Waals surface area (Å²) in [5, 5.41) is 8.82. The smallest absolute Gasteiger partial charge is 0.262 e. The first-order valence-corrected chi connectivity index (χ1v) is 12.8. The highest BCUT2D eigenvalue weighted by atomic mass is 32.2. The number of hydrogen-bond donors (Lipinski definition) is 3. The second-order valence-corrected chi connectivity index (χ2v) is 9.39. The molecule has 7 nitrogen and oxygen atoms in total. The van der Waals surface area contributed by atoms with Gasteiger partial charge in [-0.1, -0.05) is 24.0 Å². The Balaban J connectivity index is 1.57. The number of rotatable bonds is 8. The molecule has 1 aliphatic heterocycles. The highest BCUT2D eigenvalue weighted by Gasteiger charge is 2.20. The lowest BCUT2D eigenvalue weighted by molar-refractivity contribution is -0.130. The highest BCUT2D eigenvalue weighted by Crippen LogP contribution is 2.11. The van der Waals surface area contributed by atoms with Crippen LogP contribution in [0.25, 0.3) is 0 Å². The minimum atomic E-state index is -1.59. The topological polar surface area (TPSA) is 90.9 Å². The van der Waals surface area contributed by atoms with Crippen molar-refractivity contribution in [3.63, 3.8) is 0 Å². The van der Waals surface area contributed by atoms with E-state index in [2.05, 4.69) is 33.6 Å². The lowest BCUT2D eigenvalue weighted by Crippen LogP contribution is -2.45. The minimum Gasteiger partial charge on any atom is -0.379 e. The molecular formula is C23H27N3O4S2. The molecule has 1 fully saturated rings. The Hall–Kier alpha value is -2.19. The third kappa shape index (κ3) is 7.45. The molecule has 0 saturated carbocycles. The van der Waals surface area contributed by atoms with Gasteiger partial charge in [0.2, 0.25) is 0 Å². The molecule has 0 aliphatic carbocycles. The SMILES string of the molecule is CSCC(NS(=O)c1ccc(C#Cc2ccc(CN3CCOCC3)cc2)cc1)C(=O)NO. The van der Waals surface area contributed by atoms with Crippen LogP contribution in [0.3, 0.4) is 0 Å². The van der Waals surface area contributed by atoms with E-state index < -0.39 is 22.9 Å². The number of hydroxylamine groups is 1. The predicted octanol–water partition coefficient (Wildman–Crippen LogP) is 1.77. The lowest BCUT2D eigenvalue weighted by Gasteiger charge is -2.26. The fourth-order valence-corrected chi connectivity index (χ4v) is 4.76. The zero-order valence-electron chi connectivity index (χ0n) is 17.9. The number of morpholine rings is 1. The van der Waals surface area contributed by atoms with E-state index in [9.17, 15) is 9.00 Å². The third-order valence-electron chi connectivity index (χ3n) is 4.89. The van der Waals surface area contributed by atoms with Crippen molar-refractivity contribution in [1.29, 1.82) is 0 Å². The van der Waals surface area contributed by atoms with Gasteiger partial charge in [-0.15, -0.1) is 0 Å². The minimum absolute atomic E-state index is 0.382. The molecule has 2 atom stereocenters. The maximum atomic E-state index is 12.5. The Morgan fingerprint density at radius 2 is 1.72 bits per heavy atom. The quantitative estimate of drug-likeness (QED) is 0.308. The number of amides is 1. The number of carbonyl (C=O) groups is 1. The molecule has 3 N–H and O–H groups in total. The zero-order valence-corrected chi connectivity index (χ0v) is 19.5. The van der Waals surface area contributed by atoms with Gasteiger partial charge in [-0.25, -0.2) is 14.4 Å². The van der Waals surface area contributed by atoms with E-state index in [1.807, 2.05) is 18.4 Å². The second kappa shape index (κ2) is 12.7. The van der Waals surface area contributed by atoms with E-state index >= 15 is 0 Å². The predicted molar refractivity (Wildman–Crippen MR) is 127 cm³/mol. The molecule has 32 heavy (non-hydrogen) atoms. The molecule has 3 rings (SSSR count). The Labute approximate surface area is 195 Å². The van der Waals surface area contributed by atoms with Crippen LogP contribution in [0.2, 0.25) is 0 Å². The van der Waals surface area contributed by atoms with Crippen LogP contribution >= 0.6 is 11.8 Å². The summed E-state index contributed by atoms with van der Waals surface area (Å²) in [6.45, 7) is 4.43. The molecule has 0 bridgehead atoms. The molecule has 0 radical (unpaired) electrons. The van der Waals surface area contributed by atoms with Crippen molar-refractivity contribution in [1.82, 2.24) is 15.1 Å². The van der Waals surface area contributed by atoms with Gasteiger partial charge in [-0.05, 0) is 48.2 Å². The fraction of sp³-hybridized carbons (Fsp3) is 0.348. The average Bonchev–Trinajstić information content (AvgIpc) is 2.83. The maximum Gasteiger partial charge on any atom is 0.262 e. The van der Waals surface area contributed by atoms with E-state index in [1.165, 1.54) is 17.3 Å². The monoisotopic (exact) mass is 473 g/mol. The van der Waals surface area contributed by atoms with Gasteiger partial charge in [0.15, 0.2) is 0 Å². The van der Waals surface area contributed by atoms with Crippen LogP contribution in [0.15, 0.2) is 53.4 Å². The molecule has 1 heterocycles. The summed E-state index contributed by atoms with van der Waals surface area (Å²) < 4.78 is 20.6. The largest absolute Gasteiger partial charge is 0.379 e. The second-order valence-electron chi connectivity index (χ2n) is 7.23. The number of hydrogen-bond acceptors (Lipinski definition) is 6. The Morgan fingerprint density at radius 3 is 2.28 bits per heavy atom. The van der Waals surface area contributed by atoms with Crippen LogP contribution in [0.1, 0.15) is 16.7 Å². The summed E-state index contributed by atoms with van der Waals surface area (Å²) in [6.07, 6.45) is 1.83. The van der Waals surface area contributed by atoms with Crippen LogP contribution < -0.4 is 10.2 Å². The molecule has 2 unspecified atom stereocenters. The first-order chi connectivity index (χ1) is 15.6. The number of nitrogens with one attached hydrogen (secondary N) is 2. The summed E-state index contributed by atoms with van der Waals surface area (Å²) in [6, 6.07) is 14.5. The standard InChI is InChI=1S/C23H27N3O4S2/c1-31-17-22(23(27)24-28)25-32(29)21-10-8-19(9-11-21)3-2-18-4-6-20(7-5-18)16-26-12-14-30-15-13-26/h4-11,22,25,28H,12-17H2,1H3,(H,24,27). The van der Waals surface area contributed by atoms with Crippen LogP contribution in [0, 0.1) is 11.8 Å². The Morgan fingerprint density at radius 1 is 1.12 bits per heavy atom. The number of nitrogens with zero attached hydrogens (tertiary/aromatic N) is 1. The molecule has 9 heteroatoms. The summed E-state index contributed by atoms with van der Waals surface area (Å²) in [4.78, 5) is 14.6. The van der Waals surface area contributed by atoms with Crippen LogP contribution in [0.4, 0.5) is 0 Å². The molecule has 2 aromatic rings. The maximum absolute atomic E-state index is 12.5. The van der Waals surface area contributed by atoms with Crippen molar-refractivity contribution in [3.8, 4) is 11.8 Å². The Bertz CT molecular complexity index is 965. The first kappa shape index (κ1) is 24.5. The van der Waals surface area contributed by atoms with Crippen LogP contribution in [-0.2, 0) is 27.1 Å². The van der Waals surface area contributed by atoms with Gasteiger partial charge >= 0.3 is 0 Å². The van der Waals surface area contributed by atoms with Gasteiger partial charge in [0.05, 0.1) is 18.1 Å². The number of ether oxygens (including phenoxy) is 1. The van der Waals surface area contributed by atoms with E-state index in [1.54, 1.807) is 29.7 Å². The summed E-state index contributed by atoms with van der Waals surface area (Å²) in [5.41, 5.74) is 4.59. The van der Waals surface area contributed by atoms with Crippen molar-refractivity contribution in [2.75, 3.05) is 38.3 Å². The van der Waals surface area contributed by atoms with Crippen molar-refractivity contribution in [2.24, 2.45) is 0 Å². The number of benzene rings is 2. The highest BCUT2D eigenvalue weighted by molar-refractivity contribution is 7.98. The van der Waals surface area contributed by atoms with Gasteiger partial charge < -0.3 is 4.74 Å². The molecule has 0 aromatic heterocycles. The normalized spacial score (nSPS) is 15.9. The first-order valence-electron chi connectivity index (χ1n) is 10.2. The molecule has 170 valence electrons. The molecular weight excluding hydrogens is 446 g/mol. The van der Waals surface area contributed by atoms with Gasteiger partial charge in [-0.2, -0.15) is 11.8 Å². The van der Waals surface area contributed by atoms with E-state index in [4.69, 9.17) is 9.94 Å². The van der Waals surface area contributed by atoms with Crippen LogP contribution in [-0.4, -0.2) is 64.6 Å². The number of carbonyl (C=O) groups excluding carboxylic acids is 1. The molecule has 1 amide bonds. The summed E-state index contributed by atoms with van der Waals surface area (Å²) in [5.74, 6) is 6.04. The summed E-state index contributed by atoms with van der Waals surface area (Å²) in [7, 11) is -1.59. The van der Waals surface area contributed by atoms with Crippen molar-refractivity contribution < 1.29 is 18.9 Å². The van der Waals surface area contributed by atoms with Gasteiger partial charge in [-0.3, -0.25) is 14.9 Å². The van der Waals surface area contributed by atoms with Gasteiger partial charge in [0.1, 0.15) is 17.0 Å². The van der Waals surface area contributed by atoms with Gasteiger partial charge in [0, 0.05) is 36.5 Å².